The second kappa shape index (κ2) is 5.69. The molecule has 1 aromatic rings. The van der Waals surface area contributed by atoms with Gasteiger partial charge < -0.3 is 10.3 Å². The number of nitrogens with zero attached hydrogens (tertiary/aromatic N) is 1. The van der Waals surface area contributed by atoms with E-state index in [-0.39, 0.29) is 5.56 Å². The van der Waals surface area contributed by atoms with E-state index in [0.29, 0.717) is 11.8 Å². The molecule has 0 spiro atoms. The maximum atomic E-state index is 11.9. The molecule has 1 aliphatic heterocycles. The van der Waals surface area contributed by atoms with Gasteiger partial charge in [-0.3, -0.25) is 4.79 Å². The van der Waals surface area contributed by atoms with Crippen LogP contribution in [0.4, 0.5) is 0 Å². The molecule has 0 aromatic carbocycles. The van der Waals surface area contributed by atoms with Crippen molar-refractivity contribution in [1.82, 2.24) is 15.3 Å². The van der Waals surface area contributed by atoms with Gasteiger partial charge in [-0.1, -0.05) is 13.8 Å². The zero-order valence-corrected chi connectivity index (χ0v) is 11.2. The van der Waals surface area contributed by atoms with Crippen molar-refractivity contribution >= 4 is 11.8 Å². The molecule has 0 saturated carbocycles. The van der Waals surface area contributed by atoms with Gasteiger partial charge in [-0.15, -0.1) is 0 Å². The third-order valence-electron chi connectivity index (χ3n) is 3.07. The Labute approximate surface area is 106 Å². The molecule has 0 fully saturated rings. The Morgan fingerprint density at radius 2 is 2.35 bits per heavy atom. The fourth-order valence-corrected chi connectivity index (χ4v) is 2.63. The number of aromatic amines is 1. The van der Waals surface area contributed by atoms with E-state index < -0.39 is 0 Å². The van der Waals surface area contributed by atoms with Crippen molar-refractivity contribution in [2.75, 3.05) is 6.54 Å². The summed E-state index contributed by atoms with van der Waals surface area (Å²) < 4.78 is 0. The SMILES string of the molecule is CCC(C)SCc1nc2c(c(=O)[nH]1)CNCC2. The minimum Gasteiger partial charge on any atom is -0.312 e. The number of nitrogens with one attached hydrogen (secondary N) is 2. The van der Waals surface area contributed by atoms with Crippen LogP contribution in [0.1, 0.15) is 37.4 Å². The van der Waals surface area contributed by atoms with Crippen LogP contribution in [0.2, 0.25) is 0 Å². The molecule has 2 rings (SSSR count). The normalized spacial score (nSPS) is 16.6. The van der Waals surface area contributed by atoms with Crippen molar-refractivity contribution in [3.8, 4) is 0 Å². The lowest BCUT2D eigenvalue weighted by atomic mass is 10.1. The minimum atomic E-state index is 0.0296. The molecule has 1 aromatic heterocycles. The van der Waals surface area contributed by atoms with Gasteiger partial charge in [0, 0.05) is 24.8 Å². The van der Waals surface area contributed by atoms with Crippen molar-refractivity contribution in [3.63, 3.8) is 0 Å². The summed E-state index contributed by atoms with van der Waals surface area (Å²) in [6, 6.07) is 0. The fourth-order valence-electron chi connectivity index (χ4n) is 1.81. The average molecular weight is 253 g/mol. The molecule has 17 heavy (non-hydrogen) atoms. The molecule has 0 radical (unpaired) electrons. The van der Waals surface area contributed by atoms with E-state index in [1.165, 1.54) is 0 Å². The van der Waals surface area contributed by atoms with Gasteiger partial charge in [0.1, 0.15) is 5.82 Å². The maximum Gasteiger partial charge on any atom is 0.255 e. The number of aromatic nitrogens is 2. The van der Waals surface area contributed by atoms with Crippen LogP contribution in [-0.4, -0.2) is 21.8 Å². The standard InChI is InChI=1S/C12H19N3OS/c1-3-8(2)17-7-11-14-10-4-5-13-6-9(10)12(16)15-11/h8,13H,3-7H2,1-2H3,(H,14,15,16). The highest BCUT2D eigenvalue weighted by molar-refractivity contribution is 7.99. The number of rotatable bonds is 4. The molecule has 4 nitrogen and oxygen atoms in total. The maximum absolute atomic E-state index is 11.9. The van der Waals surface area contributed by atoms with Crippen molar-refractivity contribution in [2.45, 2.75) is 44.2 Å². The molecule has 1 unspecified atom stereocenters. The summed E-state index contributed by atoms with van der Waals surface area (Å²) in [5, 5.41) is 3.80. The predicted octanol–water partition coefficient (Wildman–Crippen LogP) is 1.45. The zero-order valence-electron chi connectivity index (χ0n) is 10.4. The number of thioether (sulfide) groups is 1. The molecule has 1 aliphatic rings. The van der Waals surface area contributed by atoms with Crippen molar-refractivity contribution < 1.29 is 0 Å². The summed E-state index contributed by atoms with van der Waals surface area (Å²) in [6.45, 7) is 5.94. The van der Waals surface area contributed by atoms with E-state index in [1.807, 2.05) is 11.8 Å². The van der Waals surface area contributed by atoms with E-state index in [1.54, 1.807) is 0 Å². The summed E-state index contributed by atoms with van der Waals surface area (Å²) in [5.41, 5.74) is 1.82. The summed E-state index contributed by atoms with van der Waals surface area (Å²) in [6.07, 6.45) is 2.00. The summed E-state index contributed by atoms with van der Waals surface area (Å²) in [7, 11) is 0. The van der Waals surface area contributed by atoms with Crippen molar-refractivity contribution in [2.24, 2.45) is 0 Å². The molecule has 1 atom stereocenters. The van der Waals surface area contributed by atoms with Crippen LogP contribution in [0, 0.1) is 0 Å². The molecular formula is C12H19N3OS. The van der Waals surface area contributed by atoms with Gasteiger partial charge in [-0.05, 0) is 6.42 Å². The predicted molar refractivity (Wildman–Crippen MR) is 71.3 cm³/mol. The fraction of sp³-hybridized carbons (Fsp3) is 0.667. The van der Waals surface area contributed by atoms with Gasteiger partial charge in [0.05, 0.1) is 17.0 Å². The lowest BCUT2D eigenvalue weighted by Gasteiger charge is -2.16. The lowest BCUT2D eigenvalue weighted by Crippen LogP contribution is -2.32. The molecule has 0 bridgehead atoms. The van der Waals surface area contributed by atoms with Crippen LogP contribution in [0.15, 0.2) is 4.79 Å². The molecule has 94 valence electrons. The molecule has 0 saturated heterocycles. The minimum absolute atomic E-state index is 0.0296. The lowest BCUT2D eigenvalue weighted by molar-refractivity contribution is 0.616. The number of fused-ring (bicyclic) bond motifs is 1. The molecule has 5 heteroatoms. The van der Waals surface area contributed by atoms with Gasteiger partial charge in [-0.25, -0.2) is 4.98 Å². The van der Waals surface area contributed by atoms with E-state index in [2.05, 4.69) is 29.1 Å². The first-order valence-corrected chi connectivity index (χ1v) is 7.18. The number of H-pyrrole nitrogens is 1. The highest BCUT2D eigenvalue weighted by atomic mass is 32.2. The van der Waals surface area contributed by atoms with Crippen LogP contribution >= 0.6 is 11.8 Å². The van der Waals surface area contributed by atoms with Crippen LogP contribution in [-0.2, 0) is 18.7 Å². The third-order valence-corrected chi connectivity index (χ3v) is 4.41. The summed E-state index contributed by atoms with van der Waals surface area (Å²) in [4.78, 5) is 19.3. The molecule has 2 heterocycles. The second-order valence-electron chi connectivity index (χ2n) is 4.39. The van der Waals surface area contributed by atoms with Gasteiger partial charge >= 0.3 is 0 Å². The van der Waals surface area contributed by atoms with Crippen molar-refractivity contribution in [1.29, 1.82) is 0 Å². The van der Waals surface area contributed by atoms with Crippen LogP contribution in [0.25, 0.3) is 0 Å². The Morgan fingerprint density at radius 3 is 3.12 bits per heavy atom. The Kier molecular flexibility index (Phi) is 4.23. The summed E-state index contributed by atoms with van der Waals surface area (Å²) >= 11 is 1.84. The molecule has 0 amide bonds. The van der Waals surface area contributed by atoms with Gasteiger partial charge in [0.2, 0.25) is 0 Å². The van der Waals surface area contributed by atoms with Crippen LogP contribution in [0.3, 0.4) is 0 Å². The largest absolute Gasteiger partial charge is 0.312 e. The smallest absolute Gasteiger partial charge is 0.255 e. The van der Waals surface area contributed by atoms with Crippen LogP contribution in [0.5, 0.6) is 0 Å². The van der Waals surface area contributed by atoms with E-state index >= 15 is 0 Å². The third kappa shape index (κ3) is 3.10. The van der Waals surface area contributed by atoms with E-state index in [4.69, 9.17) is 0 Å². The van der Waals surface area contributed by atoms with Gasteiger partial charge in [0.15, 0.2) is 0 Å². The molecule has 0 aliphatic carbocycles. The van der Waals surface area contributed by atoms with E-state index in [0.717, 1.165) is 42.2 Å². The monoisotopic (exact) mass is 253 g/mol. The first kappa shape index (κ1) is 12.6. The van der Waals surface area contributed by atoms with E-state index in [9.17, 15) is 4.79 Å². The Balaban J connectivity index is 2.14. The summed E-state index contributed by atoms with van der Waals surface area (Å²) in [5.74, 6) is 1.62. The van der Waals surface area contributed by atoms with Gasteiger partial charge in [-0.2, -0.15) is 11.8 Å². The van der Waals surface area contributed by atoms with Gasteiger partial charge in [0.25, 0.3) is 5.56 Å². The Bertz CT molecular complexity index is 444. The molecule has 2 N–H and O–H groups in total. The zero-order chi connectivity index (χ0) is 12.3. The Morgan fingerprint density at radius 1 is 1.53 bits per heavy atom. The van der Waals surface area contributed by atoms with Crippen LogP contribution < -0.4 is 10.9 Å². The quantitative estimate of drug-likeness (QED) is 0.852. The average Bonchev–Trinajstić information content (AvgIpc) is 2.36. The first-order valence-electron chi connectivity index (χ1n) is 6.14. The molecular weight excluding hydrogens is 234 g/mol. The number of hydrogen-bond donors (Lipinski definition) is 2. The first-order chi connectivity index (χ1) is 8.20. The second-order valence-corrected chi connectivity index (χ2v) is 5.82. The number of hydrogen-bond acceptors (Lipinski definition) is 4. The Hall–Kier alpha value is -0.810. The highest BCUT2D eigenvalue weighted by Crippen LogP contribution is 2.18. The van der Waals surface area contributed by atoms with Crippen molar-refractivity contribution in [3.05, 3.63) is 27.4 Å². The highest BCUT2D eigenvalue weighted by Gasteiger charge is 2.15. The topological polar surface area (TPSA) is 57.8 Å².